The highest BCUT2D eigenvalue weighted by Crippen LogP contribution is 2.33. The number of H-pyrrole nitrogens is 1. The van der Waals surface area contributed by atoms with Gasteiger partial charge in [-0.2, -0.15) is 13.2 Å². The van der Waals surface area contributed by atoms with Crippen LogP contribution in [0.25, 0.3) is 22.6 Å². The van der Waals surface area contributed by atoms with Crippen LogP contribution in [-0.2, 0) is 17.4 Å². The third-order valence-corrected chi connectivity index (χ3v) is 5.99. The van der Waals surface area contributed by atoms with Crippen LogP contribution in [0.4, 0.5) is 17.6 Å². The van der Waals surface area contributed by atoms with Crippen molar-refractivity contribution in [2.24, 2.45) is 10.6 Å². The molecule has 186 valence electrons. The molecule has 0 aromatic carbocycles. The Kier molecular flexibility index (Phi) is 7.61. The van der Waals surface area contributed by atoms with Crippen molar-refractivity contribution >= 4 is 5.91 Å². The maximum atomic E-state index is 14.8. The molecule has 1 N–H and O–H groups in total. The van der Waals surface area contributed by atoms with Gasteiger partial charge in [0.05, 0.1) is 11.6 Å². The third kappa shape index (κ3) is 5.36. The molecule has 12 heteroatoms. The number of halogens is 4. The van der Waals surface area contributed by atoms with Crippen molar-refractivity contribution in [2.45, 2.75) is 46.2 Å². The summed E-state index contributed by atoms with van der Waals surface area (Å²) < 4.78 is 58.9. The van der Waals surface area contributed by atoms with E-state index in [-0.39, 0.29) is 24.0 Å². The average molecular weight is 493 g/mol. The Hall–Kier alpha value is -3.70. The van der Waals surface area contributed by atoms with E-state index in [1.807, 2.05) is 11.9 Å². The van der Waals surface area contributed by atoms with E-state index in [2.05, 4.69) is 20.1 Å². The highest BCUT2D eigenvalue weighted by molar-refractivity contribution is 5.83. The molecule has 0 saturated carbocycles. The summed E-state index contributed by atoms with van der Waals surface area (Å²) in [6.45, 7) is 5.32. The van der Waals surface area contributed by atoms with Gasteiger partial charge in [-0.05, 0) is 30.9 Å². The zero-order chi connectivity index (χ0) is 25.8. The van der Waals surface area contributed by atoms with Crippen molar-refractivity contribution < 1.29 is 27.1 Å². The second-order valence-electron chi connectivity index (χ2n) is 7.90. The number of amides is 1. The molecule has 0 atom stereocenters. The number of hydrogen-bond donors (Lipinski definition) is 1. The second-order valence-corrected chi connectivity index (χ2v) is 7.90. The summed E-state index contributed by atoms with van der Waals surface area (Å²) in [4.78, 5) is 36.6. The number of ether oxygens (including phenoxy) is 1. The van der Waals surface area contributed by atoms with Gasteiger partial charge < -0.3 is 9.72 Å². The highest BCUT2D eigenvalue weighted by atomic mass is 19.4. The number of carbonyl (C=O) groups is 1. The minimum Gasteiger partial charge on any atom is -0.477 e. The fourth-order valence-electron chi connectivity index (χ4n) is 3.58. The summed E-state index contributed by atoms with van der Waals surface area (Å²) in [6, 6.07) is 2.78. The van der Waals surface area contributed by atoms with Gasteiger partial charge >= 0.3 is 6.18 Å². The number of aromatic nitrogens is 4. The van der Waals surface area contributed by atoms with Crippen molar-refractivity contribution in [2.75, 3.05) is 6.61 Å². The van der Waals surface area contributed by atoms with E-state index in [1.165, 1.54) is 12.4 Å². The molecule has 0 unspecified atom stereocenters. The molecule has 8 nitrogen and oxygen atoms in total. The van der Waals surface area contributed by atoms with Crippen LogP contribution in [0, 0.1) is 16.1 Å². The zero-order valence-electron chi connectivity index (χ0n) is 19.2. The van der Waals surface area contributed by atoms with E-state index in [9.17, 15) is 27.3 Å². The molecule has 0 spiro atoms. The van der Waals surface area contributed by atoms with Crippen LogP contribution < -0.4 is 4.74 Å². The molecule has 0 saturated heterocycles. The predicted molar refractivity (Wildman–Crippen MR) is 119 cm³/mol. The van der Waals surface area contributed by atoms with Crippen molar-refractivity contribution in [1.29, 1.82) is 0 Å². The van der Waals surface area contributed by atoms with Crippen molar-refractivity contribution in [1.82, 2.24) is 19.9 Å². The minimum absolute atomic E-state index is 0.0754. The van der Waals surface area contributed by atoms with Gasteiger partial charge in [0, 0.05) is 34.8 Å². The molecule has 35 heavy (non-hydrogen) atoms. The van der Waals surface area contributed by atoms with Gasteiger partial charge in [0.15, 0.2) is 11.6 Å². The first kappa shape index (κ1) is 25.9. The zero-order valence-corrected chi connectivity index (χ0v) is 19.2. The van der Waals surface area contributed by atoms with Gasteiger partial charge in [-0.25, -0.2) is 19.3 Å². The number of nitrogens with zero attached hydrogens (tertiary/aromatic N) is 4. The summed E-state index contributed by atoms with van der Waals surface area (Å²) in [5.74, 6) is -1.76. The standard InChI is InChI=1S/C23H23F4N5O3/c1-4-13-8-18(35-12-22(5-2,6-3)21(33)32-34)28-10-15(13)14-7-16(24)19(29-9-14)20-30-11-17(31-20)23(25,26)27/h7-11H,4-6,12H2,1-3H3,(H,30,31). The Morgan fingerprint density at radius 2 is 1.77 bits per heavy atom. The van der Waals surface area contributed by atoms with E-state index in [4.69, 9.17) is 4.74 Å². The number of alkyl halides is 3. The topological polar surface area (TPSA) is 110 Å². The molecule has 0 bridgehead atoms. The maximum Gasteiger partial charge on any atom is 0.432 e. The number of imidazole rings is 1. The van der Waals surface area contributed by atoms with Gasteiger partial charge in [0.2, 0.25) is 5.88 Å². The minimum atomic E-state index is -4.64. The number of pyridine rings is 2. The number of hydrogen-bond acceptors (Lipinski definition) is 6. The molecule has 0 radical (unpaired) electrons. The van der Waals surface area contributed by atoms with Gasteiger partial charge in [0.25, 0.3) is 5.91 Å². The van der Waals surface area contributed by atoms with E-state index in [0.29, 0.717) is 36.6 Å². The molecule has 3 aromatic rings. The smallest absolute Gasteiger partial charge is 0.432 e. The van der Waals surface area contributed by atoms with Gasteiger partial charge in [0.1, 0.15) is 18.0 Å². The largest absolute Gasteiger partial charge is 0.477 e. The molecular weight excluding hydrogens is 470 g/mol. The van der Waals surface area contributed by atoms with Crippen LogP contribution >= 0.6 is 0 Å². The van der Waals surface area contributed by atoms with E-state index in [1.54, 1.807) is 19.9 Å². The van der Waals surface area contributed by atoms with Crippen LogP contribution in [0.5, 0.6) is 5.88 Å². The van der Waals surface area contributed by atoms with Crippen LogP contribution in [0.15, 0.2) is 35.9 Å². The lowest BCUT2D eigenvalue weighted by atomic mass is 9.82. The predicted octanol–water partition coefficient (Wildman–Crippen LogP) is 5.73. The molecule has 0 aliphatic carbocycles. The molecule has 3 rings (SSSR count). The summed E-state index contributed by atoms with van der Waals surface area (Å²) in [7, 11) is 0. The van der Waals surface area contributed by atoms with Gasteiger partial charge in [-0.1, -0.05) is 20.8 Å². The van der Waals surface area contributed by atoms with Crippen molar-refractivity contribution in [3.8, 4) is 28.5 Å². The first-order chi connectivity index (χ1) is 16.6. The SMILES string of the molecule is CCc1cc(OCC(CC)(CC)C(=O)N=O)ncc1-c1cnc(-c2ncc(C(F)(F)F)[nH]2)c(F)c1. The summed E-state index contributed by atoms with van der Waals surface area (Å²) in [6.07, 6.45) is -0.0394. The Balaban J connectivity index is 1.86. The maximum absolute atomic E-state index is 14.8. The number of aromatic amines is 1. The fourth-order valence-corrected chi connectivity index (χ4v) is 3.58. The number of aryl methyl sites for hydroxylation is 1. The normalized spacial score (nSPS) is 12.0. The molecule has 1 amide bonds. The lowest BCUT2D eigenvalue weighted by molar-refractivity contribution is -0.140. The van der Waals surface area contributed by atoms with Crippen LogP contribution in [-0.4, -0.2) is 32.4 Å². The van der Waals surface area contributed by atoms with Crippen LogP contribution in [0.2, 0.25) is 0 Å². The number of rotatable bonds is 9. The summed E-state index contributed by atoms with van der Waals surface area (Å²) in [5, 5.41) is 2.56. The first-order valence-electron chi connectivity index (χ1n) is 10.9. The second kappa shape index (κ2) is 10.3. The molecule has 3 heterocycles. The van der Waals surface area contributed by atoms with Crippen molar-refractivity contribution in [3.63, 3.8) is 0 Å². The third-order valence-electron chi connectivity index (χ3n) is 5.99. The fraction of sp³-hybridized carbons (Fsp3) is 0.391. The molecule has 0 aliphatic heterocycles. The molecule has 0 aliphatic rings. The number of carbonyl (C=O) groups excluding carboxylic acids is 1. The van der Waals surface area contributed by atoms with E-state index < -0.39 is 29.0 Å². The van der Waals surface area contributed by atoms with E-state index in [0.717, 1.165) is 11.6 Å². The van der Waals surface area contributed by atoms with Crippen molar-refractivity contribution in [3.05, 3.63) is 52.7 Å². The Labute approximate surface area is 198 Å². The van der Waals surface area contributed by atoms with Crippen LogP contribution in [0.3, 0.4) is 0 Å². The lowest BCUT2D eigenvalue weighted by Crippen LogP contribution is -2.35. The average Bonchev–Trinajstić information content (AvgIpc) is 3.35. The number of nitrogens with one attached hydrogen (secondary N) is 1. The van der Waals surface area contributed by atoms with Gasteiger partial charge in [-0.15, -0.1) is 4.91 Å². The van der Waals surface area contributed by atoms with Gasteiger partial charge in [-0.3, -0.25) is 4.79 Å². The summed E-state index contributed by atoms with van der Waals surface area (Å²) in [5.41, 5.74) is -0.849. The quantitative estimate of drug-likeness (QED) is 0.301. The lowest BCUT2D eigenvalue weighted by Gasteiger charge is -2.26. The Morgan fingerprint density at radius 1 is 1.06 bits per heavy atom. The van der Waals surface area contributed by atoms with E-state index >= 15 is 0 Å². The molecule has 3 aromatic heterocycles. The van der Waals surface area contributed by atoms with Crippen LogP contribution in [0.1, 0.15) is 44.9 Å². The molecule has 0 fully saturated rings. The monoisotopic (exact) mass is 493 g/mol. The number of nitroso groups, excluding NO2 is 1. The summed E-state index contributed by atoms with van der Waals surface area (Å²) >= 11 is 0. The molecular formula is C23H23F4N5O3. The Morgan fingerprint density at radius 3 is 2.31 bits per heavy atom. The Bertz CT molecular complexity index is 1220. The first-order valence-corrected chi connectivity index (χ1v) is 10.9. The highest BCUT2D eigenvalue weighted by Gasteiger charge is 2.37.